The summed E-state index contributed by atoms with van der Waals surface area (Å²) in [5.74, 6) is -1.09. The molecule has 3 heteroatoms. The van der Waals surface area contributed by atoms with Gasteiger partial charge in [-0.1, -0.05) is 12.1 Å². The third-order valence-corrected chi connectivity index (χ3v) is 2.21. The zero-order valence-corrected chi connectivity index (χ0v) is 6.42. The zero-order valence-electron chi connectivity index (χ0n) is 6.42. The van der Waals surface area contributed by atoms with Crippen LogP contribution in [0.4, 0.5) is 4.39 Å². The number of rotatable bonds is 1. The normalized spacial score (nSPS) is 19.2. The summed E-state index contributed by atoms with van der Waals surface area (Å²) in [5.41, 5.74) is -0.658. The molecule has 64 valence electrons. The number of aliphatic hydroxyl groups is 1. The van der Waals surface area contributed by atoms with Gasteiger partial charge in [-0.15, -0.1) is 0 Å². The average Bonchev–Trinajstić information content (AvgIpc) is 2.75. The molecule has 1 aromatic carbocycles. The van der Waals surface area contributed by atoms with Gasteiger partial charge in [0.05, 0.1) is 5.60 Å². The minimum absolute atomic E-state index is 0.308. The van der Waals surface area contributed by atoms with E-state index in [0.29, 0.717) is 18.4 Å². The van der Waals surface area contributed by atoms with Gasteiger partial charge in [-0.05, 0) is 18.9 Å². The summed E-state index contributed by atoms with van der Waals surface area (Å²) in [7, 11) is 0. The SMILES string of the molecule is Oc1c(F)cccc1C1(O)CC1. The van der Waals surface area contributed by atoms with Crippen molar-refractivity contribution in [3.8, 4) is 5.75 Å². The number of benzene rings is 1. The maximum atomic E-state index is 12.8. The van der Waals surface area contributed by atoms with Gasteiger partial charge in [0.25, 0.3) is 0 Å². The number of hydrogen-bond acceptors (Lipinski definition) is 2. The fourth-order valence-corrected chi connectivity index (χ4v) is 1.28. The Bertz CT molecular complexity index is 318. The number of phenolic OH excluding ortho intramolecular Hbond substituents is 1. The maximum Gasteiger partial charge on any atom is 0.165 e. The third-order valence-electron chi connectivity index (χ3n) is 2.21. The summed E-state index contributed by atoms with van der Waals surface area (Å²) in [6.45, 7) is 0. The first-order valence-electron chi connectivity index (χ1n) is 3.84. The Hall–Kier alpha value is -1.09. The monoisotopic (exact) mass is 168 g/mol. The van der Waals surface area contributed by atoms with Gasteiger partial charge in [0, 0.05) is 5.56 Å². The second-order valence-electron chi connectivity index (χ2n) is 3.17. The molecule has 1 fully saturated rings. The van der Waals surface area contributed by atoms with Crippen LogP contribution < -0.4 is 0 Å². The first-order valence-corrected chi connectivity index (χ1v) is 3.84. The molecular weight excluding hydrogens is 159 g/mol. The predicted octanol–water partition coefficient (Wildman–Crippen LogP) is 1.51. The van der Waals surface area contributed by atoms with E-state index in [1.54, 1.807) is 6.07 Å². The molecule has 2 rings (SSSR count). The number of aromatic hydroxyl groups is 1. The zero-order chi connectivity index (χ0) is 8.77. The fourth-order valence-electron chi connectivity index (χ4n) is 1.28. The highest BCUT2D eigenvalue weighted by atomic mass is 19.1. The van der Waals surface area contributed by atoms with Crippen molar-refractivity contribution in [2.24, 2.45) is 0 Å². The van der Waals surface area contributed by atoms with Crippen LogP contribution in [-0.2, 0) is 5.60 Å². The molecule has 0 aliphatic heterocycles. The molecule has 1 aromatic rings. The summed E-state index contributed by atoms with van der Waals surface area (Å²) < 4.78 is 12.8. The van der Waals surface area contributed by atoms with E-state index in [0.717, 1.165) is 0 Å². The van der Waals surface area contributed by atoms with Crippen molar-refractivity contribution in [3.63, 3.8) is 0 Å². The quantitative estimate of drug-likeness (QED) is 0.667. The first-order chi connectivity index (χ1) is 5.63. The number of para-hydroxylation sites is 1. The van der Waals surface area contributed by atoms with E-state index in [2.05, 4.69) is 0 Å². The van der Waals surface area contributed by atoms with Crippen molar-refractivity contribution in [2.75, 3.05) is 0 Å². The summed E-state index contributed by atoms with van der Waals surface area (Å²) in [6, 6.07) is 4.21. The van der Waals surface area contributed by atoms with Crippen LogP contribution in [0.15, 0.2) is 18.2 Å². The van der Waals surface area contributed by atoms with Gasteiger partial charge in [-0.2, -0.15) is 0 Å². The maximum absolute atomic E-state index is 12.8. The lowest BCUT2D eigenvalue weighted by Gasteiger charge is -2.09. The second-order valence-corrected chi connectivity index (χ2v) is 3.17. The van der Waals surface area contributed by atoms with Crippen molar-refractivity contribution < 1.29 is 14.6 Å². The van der Waals surface area contributed by atoms with Crippen molar-refractivity contribution in [3.05, 3.63) is 29.6 Å². The van der Waals surface area contributed by atoms with Crippen LogP contribution in [-0.4, -0.2) is 10.2 Å². The van der Waals surface area contributed by atoms with Crippen molar-refractivity contribution in [1.29, 1.82) is 0 Å². The lowest BCUT2D eigenvalue weighted by molar-refractivity contribution is 0.147. The second kappa shape index (κ2) is 2.20. The third kappa shape index (κ3) is 0.975. The lowest BCUT2D eigenvalue weighted by Crippen LogP contribution is -2.04. The molecule has 0 atom stereocenters. The molecule has 0 heterocycles. The van der Waals surface area contributed by atoms with E-state index in [-0.39, 0.29) is 0 Å². The molecule has 2 N–H and O–H groups in total. The van der Waals surface area contributed by atoms with Crippen molar-refractivity contribution >= 4 is 0 Å². The Morgan fingerprint density at radius 1 is 1.33 bits per heavy atom. The summed E-state index contributed by atoms with van der Waals surface area (Å²) in [5, 5.41) is 18.8. The van der Waals surface area contributed by atoms with Crippen molar-refractivity contribution in [2.45, 2.75) is 18.4 Å². The molecule has 1 saturated carbocycles. The molecule has 0 bridgehead atoms. The molecule has 1 aliphatic carbocycles. The van der Waals surface area contributed by atoms with E-state index in [4.69, 9.17) is 0 Å². The lowest BCUT2D eigenvalue weighted by atomic mass is 10.1. The molecule has 0 unspecified atom stereocenters. The smallest absolute Gasteiger partial charge is 0.165 e. The molecule has 0 radical (unpaired) electrons. The van der Waals surface area contributed by atoms with E-state index < -0.39 is 17.2 Å². The number of halogens is 1. The Kier molecular flexibility index (Phi) is 1.38. The molecule has 0 amide bonds. The van der Waals surface area contributed by atoms with Gasteiger partial charge in [-0.3, -0.25) is 0 Å². The topological polar surface area (TPSA) is 40.5 Å². The van der Waals surface area contributed by atoms with Gasteiger partial charge in [0.1, 0.15) is 0 Å². The average molecular weight is 168 g/mol. The molecule has 0 spiro atoms. The first kappa shape index (κ1) is 7.55. The number of phenols is 1. The minimum atomic E-state index is -0.966. The predicted molar refractivity (Wildman–Crippen MR) is 41.2 cm³/mol. The van der Waals surface area contributed by atoms with Crippen molar-refractivity contribution in [1.82, 2.24) is 0 Å². The standard InChI is InChI=1S/C9H9FO2/c10-7-3-1-2-6(8(7)11)9(12)4-5-9/h1-3,11-12H,4-5H2. The van der Waals surface area contributed by atoms with Crippen LogP contribution in [0.2, 0.25) is 0 Å². The van der Waals surface area contributed by atoms with Crippen LogP contribution in [0.3, 0.4) is 0 Å². The highest BCUT2D eigenvalue weighted by Gasteiger charge is 2.44. The molecular formula is C9H9FO2. The highest BCUT2D eigenvalue weighted by Crippen LogP contribution is 2.48. The van der Waals surface area contributed by atoms with Gasteiger partial charge in [0.2, 0.25) is 0 Å². The fraction of sp³-hybridized carbons (Fsp3) is 0.333. The van der Waals surface area contributed by atoms with Crippen LogP contribution in [0, 0.1) is 5.82 Å². The molecule has 0 saturated heterocycles. The molecule has 0 aromatic heterocycles. The molecule has 2 nitrogen and oxygen atoms in total. The van der Waals surface area contributed by atoms with Gasteiger partial charge < -0.3 is 10.2 Å². The van der Waals surface area contributed by atoms with E-state index >= 15 is 0 Å². The van der Waals surface area contributed by atoms with Crippen LogP contribution in [0.1, 0.15) is 18.4 Å². The summed E-state index contributed by atoms with van der Waals surface area (Å²) in [4.78, 5) is 0. The van der Waals surface area contributed by atoms with Crippen LogP contribution >= 0.6 is 0 Å². The van der Waals surface area contributed by atoms with Gasteiger partial charge in [0.15, 0.2) is 11.6 Å². The Morgan fingerprint density at radius 3 is 2.58 bits per heavy atom. The summed E-state index contributed by atoms with van der Waals surface area (Å²) in [6.07, 6.45) is 1.20. The van der Waals surface area contributed by atoms with Crippen LogP contribution in [0.5, 0.6) is 5.75 Å². The Labute approximate surface area is 69.3 Å². The van der Waals surface area contributed by atoms with Gasteiger partial charge >= 0.3 is 0 Å². The Balaban J connectivity index is 2.51. The highest BCUT2D eigenvalue weighted by molar-refractivity contribution is 5.40. The Morgan fingerprint density at radius 2 is 2.00 bits per heavy atom. The van der Waals surface area contributed by atoms with E-state index in [1.807, 2.05) is 0 Å². The van der Waals surface area contributed by atoms with E-state index in [9.17, 15) is 14.6 Å². The minimum Gasteiger partial charge on any atom is -0.505 e. The molecule has 12 heavy (non-hydrogen) atoms. The van der Waals surface area contributed by atoms with Crippen LogP contribution in [0.25, 0.3) is 0 Å². The van der Waals surface area contributed by atoms with E-state index in [1.165, 1.54) is 12.1 Å². The molecule has 1 aliphatic rings. The van der Waals surface area contributed by atoms with Gasteiger partial charge in [-0.25, -0.2) is 4.39 Å². The summed E-state index contributed by atoms with van der Waals surface area (Å²) >= 11 is 0. The number of hydrogen-bond donors (Lipinski definition) is 2. The largest absolute Gasteiger partial charge is 0.505 e.